The predicted molar refractivity (Wildman–Crippen MR) is 93.8 cm³/mol. The second-order valence-electron chi connectivity index (χ2n) is 4.91. The van der Waals surface area contributed by atoms with E-state index in [1.165, 1.54) is 23.5 Å². The SMILES string of the molecule is CCOc1ccc(S(=O)(=O)NCCNC(=O)Cc2cccs2)cc1. The first-order valence-corrected chi connectivity index (χ1v) is 9.89. The number of rotatable bonds is 9. The Bertz CT molecular complexity index is 741. The van der Waals surface area contributed by atoms with Crippen LogP contribution in [0.4, 0.5) is 0 Å². The van der Waals surface area contributed by atoms with Crippen LogP contribution in [0.3, 0.4) is 0 Å². The lowest BCUT2D eigenvalue weighted by atomic mass is 10.3. The summed E-state index contributed by atoms with van der Waals surface area (Å²) in [6.45, 7) is 2.75. The van der Waals surface area contributed by atoms with Gasteiger partial charge in [-0.2, -0.15) is 0 Å². The van der Waals surface area contributed by atoms with Crippen LogP contribution in [-0.4, -0.2) is 34.0 Å². The topological polar surface area (TPSA) is 84.5 Å². The number of ether oxygens (including phenoxy) is 1. The molecule has 0 bridgehead atoms. The summed E-state index contributed by atoms with van der Waals surface area (Å²) in [5, 5.41) is 4.60. The second-order valence-corrected chi connectivity index (χ2v) is 7.71. The standard InChI is InChI=1S/C16H20N2O4S2/c1-2-22-13-5-7-15(8-6-13)24(20,21)18-10-9-17-16(19)12-14-4-3-11-23-14/h3-8,11,18H,2,9-10,12H2,1H3,(H,17,19). The maximum atomic E-state index is 12.1. The number of carbonyl (C=O) groups is 1. The van der Waals surface area contributed by atoms with Crippen LogP contribution in [0, 0.1) is 0 Å². The van der Waals surface area contributed by atoms with Gasteiger partial charge in [-0.1, -0.05) is 6.07 Å². The van der Waals surface area contributed by atoms with E-state index in [1.807, 2.05) is 24.4 Å². The molecule has 2 N–H and O–H groups in total. The third kappa shape index (κ3) is 5.63. The minimum absolute atomic E-state index is 0.127. The average Bonchev–Trinajstić information content (AvgIpc) is 3.05. The summed E-state index contributed by atoms with van der Waals surface area (Å²) < 4.78 is 32.0. The molecule has 0 aliphatic rings. The molecule has 24 heavy (non-hydrogen) atoms. The van der Waals surface area contributed by atoms with Crippen LogP contribution in [0.25, 0.3) is 0 Å². The first-order chi connectivity index (χ1) is 11.5. The highest BCUT2D eigenvalue weighted by Gasteiger charge is 2.13. The summed E-state index contributed by atoms with van der Waals surface area (Å²) in [4.78, 5) is 12.8. The summed E-state index contributed by atoms with van der Waals surface area (Å²) in [5.74, 6) is 0.495. The number of thiophene rings is 1. The Morgan fingerprint density at radius 1 is 1.17 bits per heavy atom. The van der Waals surface area contributed by atoms with Gasteiger partial charge in [-0.15, -0.1) is 11.3 Å². The van der Waals surface area contributed by atoms with Gasteiger partial charge >= 0.3 is 0 Å². The summed E-state index contributed by atoms with van der Waals surface area (Å²) in [6.07, 6.45) is 0.309. The first-order valence-electron chi connectivity index (χ1n) is 7.53. The fourth-order valence-corrected chi connectivity index (χ4v) is 3.72. The van der Waals surface area contributed by atoms with Gasteiger partial charge in [0.1, 0.15) is 5.75 Å². The molecule has 0 unspecified atom stereocenters. The van der Waals surface area contributed by atoms with Gasteiger partial charge in [0.15, 0.2) is 0 Å². The van der Waals surface area contributed by atoms with E-state index in [2.05, 4.69) is 10.0 Å². The Labute approximate surface area is 145 Å². The molecule has 0 aliphatic heterocycles. The first kappa shape index (κ1) is 18.4. The van der Waals surface area contributed by atoms with Gasteiger partial charge in [0.05, 0.1) is 17.9 Å². The molecule has 2 aromatic rings. The third-order valence-corrected chi connectivity index (χ3v) is 5.45. The van der Waals surface area contributed by atoms with Crippen molar-refractivity contribution in [3.05, 3.63) is 46.7 Å². The van der Waals surface area contributed by atoms with Gasteiger partial charge in [0.25, 0.3) is 0 Å². The van der Waals surface area contributed by atoms with Crippen molar-refractivity contribution in [2.75, 3.05) is 19.7 Å². The van der Waals surface area contributed by atoms with Crippen LogP contribution < -0.4 is 14.8 Å². The largest absolute Gasteiger partial charge is 0.494 e. The normalized spacial score (nSPS) is 11.2. The summed E-state index contributed by atoms with van der Waals surface area (Å²) in [7, 11) is -3.59. The molecule has 6 nitrogen and oxygen atoms in total. The molecule has 1 amide bonds. The predicted octanol–water partition coefficient (Wildman–Crippen LogP) is 1.78. The fourth-order valence-electron chi connectivity index (χ4n) is 1.99. The summed E-state index contributed by atoms with van der Waals surface area (Å²) in [5.41, 5.74) is 0. The number of carbonyl (C=O) groups excluding carboxylic acids is 1. The van der Waals surface area contributed by atoms with E-state index in [0.717, 1.165) is 4.88 Å². The van der Waals surface area contributed by atoms with E-state index in [-0.39, 0.29) is 23.9 Å². The van der Waals surface area contributed by atoms with E-state index in [1.54, 1.807) is 12.1 Å². The van der Waals surface area contributed by atoms with E-state index in [9.17, 15) is 13.2 Å². The zero-order chi connectivity index (χ0) is 17.4. The van der Waals surface area contributed by atoms with Crippen LogP contribution in [0.5, 0.6) is 5.75 Å². The number of hydrogen-bond donors (Lipinski definition) is 2. The Kier molecular flexibility index (Phi) is 6.77. The number of benzene rings is 1. The van der Waals surface area contributed by atoms with Gasteiger partial charge in [-0.05, 0) is 42.6 Å². The van der Waals surface area contributed by atoms with Crippen molar-refractivity contribution in [2.24, 2.45) is 0 Å². The van der Waals surface area contributed by atoms with E-state index >= 15 is 0 Å². The third-order valence-electron chi connectivity index (χ3n) is 3.10. The molecular formula is C16H20N2O4S2. The van der Waals surface area contributed by atoms with Gasteiger partial charge in [0, 0.05) is 18.0 Å². The number of sulfonamides is 1. The van der Waals surface area contributed by atoms with Crippen molar-refractivity contribution in [1.82, 2.24) is 10.0 Å². The summed E-state index contributed by atoms with van der Waals surface area (Å²) >= 11 is 1.51. The highest BCUT2D eigenvalue weighted by molar-refractivity contribution is 7.89. The maximum Gasteiger partial charge on any atom is 0.240 e. The molecule has 0 spiro atoms. The lowest BCUT2D eigenvalue weighted by Gasteiger charge is -2.09. The van der Waals surface area contributed by atoms with Gasteiger partial charge < -0.3 is 10.1 Å². The average molecular weight is 368 g/mol. The zero-order valence-corrected chi connectivity index (χ0v) is 15.0. The molecule has 1 aromatic heterocycles. The highest BCUT2D eigenvalue weighted by atomic mass is 32.2. The van der Waals surface area contributed by atoms with Crippen molar-refractivity contribution < 1.29 is 17.9 Å². The van der Waals surface area contributed by atoms with E-state index < -0.39 is 10.0 Å². The van der Waals surface area contributed by atoms with Gasteiger partial charge in [-0.25, -0.2) is 13.1 Å². The van der Waals surface area contributed by atoms with Crippen molar-refractivity contribution in [1.29, 1.82) is 0 Å². The number of nitrogens with one attached hydrogen (secondary N) is 2. The molecule has 0 aliphatic carbocycles. The van der Waals surface area contributed by atoms with Crippen LogP contribution in [0.15, 0.2) is 46.7 Å². The lowest BCUT2D eigenvalue weighted by molar-refractivity contribution is -0.120. The van der Waals surface area contributed by atoms with Gasteiger partial charge in [0.2, 0.25) is 15.9 Å². The molecular weight excluding hydrogens is 348 g/mol. The molecule has 2 rings (SSSR count). The molecule has 0 radical (unpaired) electrons. The molecule has 8 heteroatoms. The van der Waals surface area contributed by atoms with Crippen molar-refractivity contribution >= 4 is 27.3 Å². The van der Waals surface area contributed by atoms with E-state index in [4.69, 9.17) is 4.74 Å². The zero-order valence-electron chi connectivity index (χ0n) is 13.3. The highest BCUT2D eigenvalue weighted by Crippen LogP contribution is 2.15. The Morgan fingerprint density at radius 2 is 1.92 bits per heavy atom. The minimum Gasteiger partial charge on any atom is -0.494 e. The smallest absolute Gasteiger partial charge is 0.240 e. The molecule has 0 fully saturated rings. The molecule has 1 heterocycles. The van der Waals surface area contributed by atoms with Crippen LogP contribution in [0.2, 0.25) is 0 Å². The van der Waals surface area contributed by atoms with Crippen LogP contribution in [0.1, 0.15) is 11.8 Å². The monoisotopic (exact) mass is 368 g/mol. The maximum absolute atomic E-state index is 12.1. The molecule has 0 atom stereocenters. The van der Waals surface area contributed by atoms with Crippen LogP contribution >= 0.6 is 11.3 Å². The number of hydrogen-bond acceptors (Lipinski definition) is 5. The van der Waals surface area contributed by atoms with Crippen molar-refractivity contribution in [3.63, 3.8) is 0 Å². The molecule has 0 saturated carbocycles. The fraction of sp³-hybridized carbons (Fsp3) is 0.312. The number of amides is 1. The van der Waals surface area contributed by atoms with E-state index in [0.29, 0.717) is 18.8 Å². The van der Waals surface area contributed by atoms with Crippen LogP contribution in [-0.2, 0) is 21.2 Å². The van der Waals surface area contributed by atoms with Crippen molar-refractivity contribution in [2.45, 2.75) is 18.2 Å². The Balaban J connectivity index is 1.77. The molecule has 130 valence electrons. The minimum atomic E-state index is -3.59. The molecule has 0 saturated heterocycles. The quantitative estimate of drug-likeness (QED) is 0.661. The van der Waals surface area contributed by atoms with Crippen molar-refractivity contribution in [3.8, 4) is 5.75 Å². The second kappa shape index (κ2) is 8.81. The summed E-state index contributed by atoms with van der Waals surface area (Å²) in [6, 6.07) is 9.98. The molecule has 1 aromatic carbocycles. The lowest BCUT2D eigenvalue weighted by Crippen LogP contribution is -2.35. The van der Waals surface area contributed by atoms with Gasteiger partial charge in [-0.3, -0.25) is 4.79 Å². The Morgan fingerprint density at radius 3 is 2.54 bits per heavy atom. The Hall–Kier alpha value is -1.90.